The van der Waals surface area contributed by atoms with E-state index in [1.807, 2.05) is 36.1 Å². The van der Waals surface area contributed by atoms with Gasteiger partial charge >= 0.3 is 0 Å². The normalized spacial score (nSPS) is 18.5. The van der Waals surface area contributed by atoms with E-state index in [0.29, 0.717) is 47.6 Å². The largest absolute Gasteiger partial charge is 0.382 e. The summed E-state index contributed by atoms with van der Waals surface area (Å²) in [4.78, 5) is 38.6. The number of halogens is 2. The summed E-state index contributed by atoms with van der Waals surface area (Å²) in [5.74, 6) is 0.222. The van der Waals surface area contributed by atoms with E-state index in [1.54, 1.807) is 6.07 Å². The molecule has 7 nitrogen and oxygen atoms in total. The monoisotopic (exact) mass is 591 g/mol. The topological polar surface area (TPSA) is 81.3 Å². The average molecular weight is 593 g/mol. The predicted octanol–water partition coefficient (Wildman–Crippen LogP) is 4.98. The van der Waals surface area contributed by atoms with E-state index < -0.39 is 0 Å². The van der Waals surface area contributed by atoms with Crippen LogP contribution < -0.4 is 5.32 Å². The molecule has 2 aliphatic heterocycles. The van der Waals surface area contributed by atoms with Gasteiger partial charge < -0.3 is 20.1 Å². The Kier molecular flexibility index (Phi) is 7.12. The Labute approximate surface area is 235 Å². The Morgan fingerprint density at radius 3 is 2.79 bits per heavy atom. The van der Waals surface area contributed by atoms with Crippen molar-refractivity contribution in [3.8, 4) is 0 Å². The molecule has 1 fully saturated rings. The van der Waals surface area contributed by atoms with Gasteiger partial charge in [-0.05, 0) is 86.8 Å². The molecule has 0 saturated carbocycles. The fourth-order valence-corrected chi connectivity index (χ4v) is 6.20. The summed E-state index contributed by atoms with van der Waals surface area (Å²) in [6, 6.07) is 8.43. The highest BCUT2D eigenvalue weighted by Crippen LogP contribution is 2.30. The van der Waals surface area contributed by atoms with Crippen molar-refractivity contribution in [2.24, 2.45) is 0 Å². The van der Waals surface area contributed by atoms with Crippen LogP contribution in [-0.2, 0) is 17.8 Å². The number of carbonyl (C=O) groups is 2. The fourth-order valence-electron chi connectivity index (χ4n) is 5.79. The van der Waals surface area contributed by atoms with Crippen LogP contribution in [0, 0.1) is 5.82 Å². The number of nitrogens with one attached hydrogen (secondary N) is 2. The molecule has 0 radical (unpaired) electrons. The number of carbonyl (C=O) groups excluding carboxylic acids is 2. The quantitative estimate of drug-likeness (QED) is 0.386. The first-order valence-electron chi connectivity index (χ1n) is 13.5. The van der Waals surface area contributed by atoms with Crippen LogP contribution in [0.2, 0.25) is 0 Å². The minimum Gasteiger partial charge on any atom is -0.382 e. The molecule has 1 atom stereocenters. The van der Waals surface area contributed by atoms with Crippen molar-refractivity contribution in [3.05, 3.63) is 81.0 Å². The molecule has 9 heteroatoms. The first-order chi connectivity index (χ1) is 18.9. The number of likely N-dealkylation sites (tertiary alicyclic amines) is 1. The molecule has 202 valence electrons. The Balaban J connectivity index is 1.23. The van der Waals surface area contributed by atoms with Gasteiger partial charge in [0.15, 0.2) is 5.78 Å². The van der Waals surface area contributed by atoms with Gasteiger partial charge in [-0.25, -0.2) is 9.37 Å². The van der Waals surface area contributed by atoms with Crippen LogP contribution in [0.3, 0.4) is 0 Å². The lowest BCUT2D eigenvalue weighted by atomic mass is 9.98. The van der Waals surface area contributed by atoms with Gasteiger partial charge in [-0.3, -0.25) is 9.59 Å². The van der Waals surface area contributed by atoms with Crippen molar-refractivity contribution in [1.29, 1.82) is 0 Å². The van der Waals surface area contributed by atoms with Gasteiger partial charge in [0, 0.05) is 47.8 Å². The zero-order valence-electron chi connectivity index (χ0n) is 21.9. The second-order valence-electron chi connectivity index (χ2n) is 10.7. The van der Waals surface area contributed by atoms with Crippen molar-refractivity contribution in [3.63, 3.8) is 0 Å². The third-order valence-electron chi connectivity index (χ3n) is 7.78. The maximum atomic E-state index is 13.8. The Bertz CT molecular complexity index is 1520. The van der Waals surface area contributed by atoms with Gasteiger partial charge in [-0.2, -0.15) is 0 Å². The molecular formula is C30H31BrFN5O2. The van der Waals surface area contributed by atoms with E-state index in [-0.39, 0.29) is 23.5 Å². The van der Waals surface area contributed by atoms with Gasteiger partial charge in [0.1, 0.15) is 11.6 Å². The number of benzene rings is 2. The number of nitrogens with zero attached hydrogens (tertiary/aromatic N) is 3. The summed E-state index contributed by atoms with van der Waals surface area (Å²) in [5, 5.41) is 3.44. The summed E-state index contributed by atoms with van der Waals surface area (Å²) in [6.45, 7) is 6.47. The molecular weight excluding hydrogens is 561 g/mol. The van der Waals surface area contributed by atoms with E-state index in [2.05, 4.69) is 31.1 Å². The number of rotatable bonds is 8. The van der Waals surface area contributed by atoms with Gasteiger partial charge in [-0.1, -0.05) is 22.0 Å². The smallest absolute Gasteiger partial charge is 0.254 e. The second kappa shape index (κ2) is 10.7. The number of fused-ring (bicyclic) bond motifs is 2. The van der Waals surface area contributed by atoms with E-state index in [0.717, 1.165) is 47.3 Å². The van der Waals surface area contributed by atoms with E-state index >= 15 is 0 Å². The first-order valence-corrected chi connectivity index (χ1v) is 14.3. The molecule has 3 aliphatic rings. The Morgan fingerprint density at radius 1 is 1.15 bits per heavy atom. The molecule has 3 heterocycles. The molecule has 0 unspecified atom stereocenters. The number of amides is 1. The second-order valence-corrected chi connectivity index (χ2v) is 11.5. The summed E-state index contributed by atoms with van der Waals surface area (Å²) >= 11 is 3.50. The number of imidazole rings is 1. The number of H-pyrrole nitrogens is 1. The standard InChI is InChI=1S/C30H31BrFN5O2/c1-18(13-19-14-21(32)7-8-23(19)31)33-24-5-4-6-27(38)28(24)29-34-25-15-20-17-37(12-11-36-9-2-3-10-36)30(39)22(20)16-26(25)35-29/h4-5,7-8,14-16,18,33H,2-3,6,9-13,17H2,1H3,(H,34,35)/t18-/m0/s1. The fraction of sp³-hybridized carbons (Fsp3) is 0.367. The molecule has 0 spiro atoms. The number of aromatic nitrogens is 2. The van der Waals surface area contributed by atoms with Crippen LogP contribution >= 0.6 is 15.9 Å². The third kappa shape index (κ3) is 5.30. The lowest BCUT2D eigenvalue weighted by Gasteiger charge is -2.21. The molecule has 39 heavy (non-hydrogen) atoms. The van der Waals surface area contributed by atoms with Gasteiger partial charge in [0.25, 0.3) is 5.91 Å². The number of ketones is 1. The van der Waals surface area contributed by atoms with Crippen LogP contribution in [0.25, 0.3) is 16.6 Å². The van der Waals surface area contributed by atoms with Gasteiger partial charge in [0.2, 0.25) is 0 Å². The predicted molar refractivity (Wildman–Crippen MR) is 153 cm³/mol. The molecule has 2 N–H and O–H groups in total. The van der Waals surface area contributed by atoms with Crippen LogP contribution in [0.1, 0.15) is 53.5 Å². The SMILES string of the molecule is C[C@@H](Cc1cc(F)ccc1Br)NC1=C(c2nc3cc4c(cc3[nH]2)CN(CCN2CCCC2)C4=O)C(=O)CC=C1. The average Bonchev–Trinajstić information content (AvgIpc) is 3.63. The van der Waals surface area contributed by atoms with Crippen molar-refractivity contribution < 1.29 is 14.0 Å². The molecule has 1 amide bonds. The molecule has 3 aromatic rings. The number of Topliss-reactive ketones (excluding diaryl/α,β-unsaturated/α-hetero) is 1. The summed E-state index contributed by atoms with van der Waals surface area (Å²) in [5.41, 5.74) is 5.19. The Hall–Kier alpha value is -3.30. The minimum absolute atomic E-state index is 0.0325. The molecule has 1 saturated heterocycles. The Morgan fingerprint density at radius 2 is 1.97 bits per heavy atom. The van der Waals surface area contributed by atoms with Crippen LogP contribution in [-0.4, -0.2) is 63.7 Å². The molecule has 0 bridgehead atoms. The van der Waals surface area contributed by atoms with Gasteiger partial charge in [-0.15, -0.1) is 0 Å². The third-order valence-corrected chi connectivity index (χ3v) is 8.55. The van der Waals surface area contributed by atoms with Crippen molar-refractivity contribution in [2.75, 3.05) is 26.2 Å². The summed E-state index contributed by atoms with van der Waals surface area (Å²) < 4.78 is 14.6. The van der Waals surface area contributed by atoms with Crippen molar-refractivity contribution in [1.82, 2.24) is 25.1 Å². The van der Waals surface area contributed by atoms with E-state index in [4.69, 9.17) is 4.98 Å². The van der Waals surface area contributed by atoms with Crippen LogP contribution in [0.5, 0.6) is 0 Å². The number of aromatic amines is 1. The van der Waals surface area contributed by atoms with Crippen molar-refractivity contribution >= 4 is 44.2 Å². The van der Waals surface area contributed by atoms with Crippen LogP contribution in [0.15, 0.2) is 52.7 Å². The maximum absolute atomic E-state index is 13.8. The van der Waals surface area contributed by atoms with Gasteiger partial charge in [0.05, 0.1) is 16.6 Å². The minimum atomic E-state index is -0.282. The number of hydrogen-bond donors (Lipinski definition) is 2. The molecule has 1 aromatic heterocycles. The maximum Gasteiger partial charge on any atom is 0.254 e. The highest BCUT2D eigenvalue weighted by atomic mass is 79.9. The molecule has 6 rings (SSSR count). The first kappa shape index (κ1) is 26.0. The van der Waals surface area contributed by atoms with Crippen LogP contribution in [0.4, 0.5) is 4.39 Å². The lowest BCUT2D eigenvalue weighted by Crippen LogP contribution is -2.33. The van der Waals surface area contributed by atoms with Crippen molar-refractivity contribution in [2.45, 2.75) is 45.2 Å². The summed E-state index contributed by atoms with van der Waals surface area (Å²) in [6.07, 6.45) is 7.09. The summed E-state index contributed by atoms with van der Waals surface area (Å²) in [7, 11) is 0. The van der Waals surface area contributed by atoms with E-state index in [9.17, 15) is 14.0 Å². The van der Waals surface area contributed by atoms with E-state index in [1.165, 1.54) is 25.0 Å². The highest BCUT2D eigenvalue weighted by molar-refractivity contribution is 9.10. The number of hydrogen-bond acceptors (Lipinski definition) is 5. The zero-order chi connectivity index (χ0) is 27.1. The highest BCUT2D eigenvalue weighted by Gasteiger charge is 2.30. The molecule has 1 aliphatic carbocycles. The lowest BCUT2D eigenvalue weighted by molar-refractivity contribution is -0.113. The number of allylic oxidation sites excluding steroid dienone is 3. The molecule has 2 aromatic carbocycles. The zero-order valence-corrected chi connectivity index (χ0v) is 23.5.